The van der Waals surface area contributed by atoms with Gasteiger partial charge in [-0.25, -0.2) is 4.79 Å². The maximum atomic E-state index is 11.2. The van der Waals surface area contributed by atoms with E-state index in [1.807, 2.05) is 11.4 Å². The third-order valence-electron chi connectivity index (χ3n) is 3.01. The fourth-order valence-corrected chi connectivity index (χ4v) is 2.14. The highest BCUT2D eigenvalue weighted by molar-refractivity contribution is 6.02. The summed E-state index contributed by atoms with van der Waals surface area (Å²) in [7, 11) is 0. The second-order valence-corrected chi connectivity index (χ2v) is 4.42. The third kappa shape index (κ3) is 3.25. The van der Waals surface area contributed by atoms with Gasteiger partial charge in [-0.3, -0.25) is 10.1 Å². The highest BCUT2D eigenvalue weighted by Gasteiger charge is 2.17. The zero-order valence-electron chi connectivity index (χ0n) is 10.8. The molecule has 0 bridgehead atoms. The molecule has 0 aromatic heterocycles. The van der Waals surface area contributed by atoms with Crippen molar-refractivity contribution in [1.29, 1.82) is 0 Å². The quantitative estimate of drug-likeness (QED) is 0.559. The predicted octanol–water partition coefficient (Wildman–Crippen LogP) is 0.775. The van der Waals surface area contributed by atoms with Crippen LogP contribution in [0.5, 0.6) is 5.75 Å². The first-order chi connectivity index (χ1) is 9.60. The van der Waals surface area contributed by atoms with Crippen LogP contribution >= 0.6 is 0 Å². The van der Waals surface area contributed by atoms with Crippen LogP contribution in [0.15, 0.2) is 23.4 Å². The number of nitrogens with zero attached hydrogens (tertiary/aromatic N) is 1. The number of nitrogens with one attached hydrogen (secondary N) is 1. The molecule has 0 saturated carbocycles. The number of hydrogen-bond acceptors (Lipinski definition) is 5. The van der Waals surface area contributed by atoms with Crippen molar-refractivity contribution in [3.05, 3.63) is 29.3 Å². The number of imide groups is 1. The first-order valence-electron chi connectivity index (χ1n) is 6.16. The molecule has 20 heavy (non-hydrogen) atoms. The van der Waals surface area contributed by atoms with Crippen molar-refractivity contribution in [2.45, 2.75) is 19.3 Å². The van der Waals surface area contributed by atoms with E-state index in [1.54, 1.807) is 12.1 Å². The molecule has 0 radical (unpaired) electrons. The van der Waals surface area contributed by atoms with Crippen LogP contribution in [0.3, 0.4) is 0 Å². The van der Waals surface area contributed by atoms with Gasteiger partial charge in [-0.1, -0.05) is 11.2 Å². The van der Waals surface area contributed by atoms with Gasteiger partial charge in [0.2, 0.25) is 0 Å². The molecular formula is C13H15N3O4. The van der Waals surface area contributed by atoms with Crippen LogP contribution in [0.25, 0.3) is 0 Å². The molecule has 0 spiro atoms. The fraction of sp³-hybridized carbons (Fsp3) is 0.308. The molecule has 0 unspecified atom stereocenters. The van der Waals surface area contributed by atoms with Gasteiger partial charge in [0.25, 0.3) is 5.91 Å². The van der Waals surface area contributed by atoms with Crippen molar-refractivity contribution in [3.63, 3.8) is 0 Å². The van der Waals surface area contributed by atoms with Crippen molar-refractivity contribution in [3.8, 4) is 5.75 Å². The van der Waals surface area contributed by atoms with Crippen molar-refractivity contribution in [2.24, 2.45) is 10.9 Å². The molecule has 0 heterocycles. The third-order valence-corrected chi connectivity index (χ3v) is 3.01. The lowest BCUT2D eigenvalue weighted by atomic mass is 9.90. The van der Waals surface area contributed by atoms with Gasteiger partial charge in [0, 0.05) is 5.56 Å². The molecule has 0 saturated heterocycles. The van der Waals surface area contributed by atoms with E-state index in [-0.39, 0.29) is 6.61 Å². The second-order valence-electron chi connectivity index (χ2n) is 4.42. The lowest BCUT2D eigenvalue weighted by molar-refractivity contribution is -0.121. The number of carbonyl (C=O) groups excluding carboxylic acids is 2. The Morgan fingerprint density at radius 2 is 2.20 bits per heavy atom. The zero-order valence-corrected chi connectivity index (χ0v) is 10.8. The molecule has 0 fully saturated rings. The number of amides is 3. The van der Waals surface area contributed by atoms with Gasteiger partial charge in [-0.05, 0) is 37.0 Å². The van der Waals surface area contributed by atoms with E-state index in [4.69, 9.17) is 15.7 Å². The van der Waals surface area contributed by atoms with Gasteiger partial charge in [-0.15, -0.1) is 0 Å². The smallest absolute Gasteiger partial charge is 0.318 e. The second kappa shape index (κ2) is 6.05. The number of benzene rings is 1. The molecule has 3 amide bonds. The highest BCUT2D eigenvalue weighted by Crippen LogP contribution is 2.25. The summed E-state index contributed by atoms with van der Waals surface area (Å²) in [5.74, 6) is -0.155. The maximum absolute atomic E-state index is 11.2. The minimum absolute atomic E-state index is 0.312. The lowest BCUT2D eigenvalue weighted by Gasteiger charge is -2.17. The number of carbonyl (C=O) groups is 2. The van der Waals surface area contributed by atoms with Gasteiger partial charge >= 0.3 is 6.03 Å². The number of oxime groups is 1. The number of rotatable bonds is 3. The van der Waals surface area contributed by atoms with Crippen LogP contribution < -0.4 is 15.8 Å². The predicted molar refractivity (Wildman–Crippen MR) is 70.9 cm³/mol. The van der Waals surface area contributed by atoms with E-state index in [9.17, 15) is 9.59 Å². The molecule has 4 N–H and O–H groups in total. The monoisotopic (exact) mass is 277 g/mol. The van der Waals surface area contributed by atoms with Crippen molar-refractivity contribution >= 4 is 17.6 Å². The first-order valence-corrected chi connectivity index (χ1v) is 6.16. The summed E-state index contributed by atoms with van der Waals surface area (Å²) in [6.07, 6.45) is 2.56. The van der Waals surface area contributed by atoms with E-state index in [0.717, 1.165) is 24.0 Å². The largest absolute Gasteiger partial charge is 0.484 e. The summed E-state index contributed by atoms with van der Waals surface area (Å²) in [4.78, 5) is 21.7. The molecule has 1 aromatic carbocycles. The van der Waals surface area contributed by atoms with Crippen LogP contribution in [-0.2, 0) is 11.2 Å². The average molecular weight is 277 g/mol. The van der Waals surface area contributed by atoms with Gasteiger partial charge in [-0.2, -0.15) is 0 Å². The number of urea groups is 1. The van der Waals surface area contributed by atoms with E-state index in [1.165, 1.54) is 0 Å². The number of ether oxygens (including phenoxy) is 1. The first kappa shape index (κ1) is 13.9. The summed E-state index contributed by atoms with van der Waals surface area (Å²) >= 11 is 0. The Morgan fingerprint density at radius 1 is 1.40 bits per heavy atom. The molecule has 0 aliphatic heterocycles. The van der Waals surface area contributed by atoms with E-state index < -0.39 is 11.9 Å². The summed E-state index contributed by atoms with van der Waals surface area (Å²) < 4.78 is 5.27. The molecule has 1 aliphatic rings. The van der Waals surface area contributed by atoms with E-state index >= 15 is 0 Å². The Bertz CT molecular complexity index is 569. The van der Waals surface area contributed by atoms with Crippen LogP contribution in [-0.4, -0.2) is 29.5 Å². The maximum Gasteiger partial charge on any atom is 0.318 e. The average Bonchev–Trinajstić information content (AvgIpc) is 2.43. The van der Waals surface area contributed by atoms with Gasteiger partial charge in [0.15, 0.2) is 6.61 Å². The summed E-state index contributed by atoms with van der Waals surface area (Å²) in [6, 6.07) is 4.41. The SMILES string of the molecule is NC(=O)NC(=O)COc1ccc2c(c1)/C(=N\O)CCC2. The van der Waals surface area contributed by atoms with E-state index in [0.29, 0.717) is 17.9 Å². The van der Waals surface area contributed by atoms with Crippen LogP contribution in [0.2, 0.25) is 0 Å². The zero-order chi connectivity index (χ0) is 14.5. The minimum atomic E-state index is -0.918. The highest BCUT2D eigenvalue weighted by atomic mass is 16.5. The minimum Gasteiger partial charge on any atom is -0.484 e. The summed E-state index contributed by atoms with van der Waals surface area (Å²) in [6.45, 7) is -0.312. The van der Waals surface area contributed by atoms with Crippen molar-refractivity contribution in [1.82, 2.24) is 5.32 Å². The Hall–Kier alpha value is -2.57. The lowest BCUT2D eigenvalue weighted by Crippen LogP contribution is -2.38. The van der Waals surface area contributed by atoms with Crippen molar-refractivity contribution < 1.29 is 19.5 Å². The standard InChI is InChI=1S/C13H15N3O4/c14-13(18)15-12(17)7-20-9-5-4-8-2-1-3-11(16-19)10(8)6-9/h4-6,19H,1-3,7H2,(H3,14,15,17,18)/b16-11-. The summed E-state index contributed by atoms with van der Waals surface area (Å²) in [5, 5.41) is 14.2. The van der Waals surface area contributed by atoms with Crippen LogP contribution in [0.1, 0.15) is 24.0 Å². The Kier molecular flexibility index (Phi) is 4.19. The molecule has 0 atom stereocenters. The Balaban J connectivity index is 2.07. The molecule has 106 valence electrons. The summed E-state index contributed by atoms with van der Waals surface area (Å²) in [5.41, 5.74) is 7.34. The molecule has 7 nitrogen and oxygen atoms in total. The van der Waals surface area contributed by atoms with Gasteiger partial charge in [0.05, 0.1) is 5.71 Å². The molecule has 2 rings (SSSR count). The number of hydrogen-bond donors (Lipinski definition) is 3. The Morgan fingerprint density at radius 3 is 2.90 bits per heavy atom. The van der Waals surface area contributed by atoms with Crippen molar-refractivity contribution in [2.75, 3.05) is 6.61 Å². The number of aryl methyl sites for hydroxylation is 1. The topological polar surface area (TPSA) is 114 Å². The molecular weight excluding hydrogens is 262 g/mol. The molecule has 7 heteroatoms. The Labute approximate surface area is 115 Å². The van der Waals surface area contributed by atoms with Crippen LogP contribution in [0.4, 0.5) is 4.79 Å². The van der Waals surface area contributed by atoms with Gasteiger partial charge < -0.3 is 15.7 Å². The number of nitrogens with two attached hydrogens (primary N) is 1. The molecule has 1 aliphatic carbocycles. The van der Waals surface area contributed by atoms with Gasteiger partial charge in [0.1, 0.15) is 5.75 Å². The normalized spacial score (nSPS) is 15.5. The fourth-order valence-electron chi connectivity index (χ4n) is 2.14. The number of primary amides is 1. The van der Waals surface area contributed by atoms with Crippen LogP contribution in [0, 0.1) is 0 Å². The molecule has 1 aromatic rings. The van der Waals surface area contributed by atoms with E-state index in [2.05, 4.69) is 5.16 Å². The number of fused-ring (bicyclic) bond motifs is 1.